The summed E-state index contributed by atoms with van der Waals surface area (Å²) in [5, 5.41) is 4.58. The van der Waals surface area contributed by atoms with E-state index < -0.39 is 0 Å². The van der Waals surface area contributed by atoms with Crippen molar-refractivity contribution in [3.05, 3.63) is 52.2 Å². The summed E-state index contributed by atoms with van der Waals surface area (Å²) in [7, 11) is 1.62. The molecule has 0 N–H and O–H groups in total. The smallest absolute Gasteiger partial charge is 0.345 e. The summed E-state index contributed by atoms with van der Waals surface area (Å²) in [6.07, 6.45) is 4.11. The van der Waals surface area contributed by atoms with Crippen LogP contribution in [0.4, 0.5) is 0 Å². The first-order valence-corrected chi connectivity index (χ1v) is 10.6. The average Bonchev–Trinajstić information content (AvgIpc) is 3.08. The van der Waals surface area contributed by atoms with Gasteiger partial charge in [0.15, 0.2) is 0 Å². The van der Waals surface area contributed by atoms with Gasteiger partial charge in [-0.25, -0.2) is 9.48 Å². The number of hydrogen-bond donors (Lipinski definition) is 0. The number of piperidine rings is 1. The molecule has 0 unspecified atom stereocenters. The molecule has 7 heteroatoms. The maximum Gasteiger partial charge on any atom is 0.345 e. The van der Waals surface area contributed by atoms with Crippen molar-refractivity contribution in [3.8, 4) is 0 Å². The Hall–Kier alpha value is -2.41. The first kappa shape index (κ1) is 21.3. The summed E-state index contributed by atoms with van der Waals surface area (Å²) in [6, 6.07) is 10.3. The second kappa shape index (κ2) is 10.4. The topological polar surface area (TPSA) is 69.4 Å². The molecule has 2 heterocycles. The maximum atomic E-state index is 12.6. The molecular formula is C22H32N4O3. The predicted molar refractivity (Wildman–Crippen MR) is 112 cm³/mol. The van der Waals surface area contributed by atoms with Crippen molar-refractivity contribution in [2.45, 2.75) is 58.0 Å². The fourth-order valence-electron chi connectivity index (χ4n) is 4.01. The van der Waals surface area contributed by atoms with Crippen molar-refractivity contribution >= 4 is 5.91 Å². The molecule has 158 valence electrons. The van der Waals surface area contributed by atoms with Crippen molar-refractivity contribution in [2.24, 2.45) is 0 Å². The Kier molecular flexibility index (Phi) is 7.63. The summed E-state index contributed by atoms with van der Waals surface area (Å²) in [4.78, 5) is 27.1. The first-order chi connectivity index (χ1) is 14.1. The van der Waals surface area contributed by atoms with Crippen LogP contribution in [0.3, 0.4) is 0 Å². The maximum absolute atomic E-state index is 12.6. The number of aromatic nitrogens is 3. The molecule has 0 spiro atoms. The molecule has 7 nitrogen and oxygen atoms in total. The molecule has 0 atom stereocenters. The van der Waals surface area contributed by atoms with Gasteiger partial charge in [-0.3, -0.25) is 9.36 Å². The minimum atomic E-state index is -0.0704. The Morgan fingerprint density at radius 2 is 1.93 bits per heavy atom. The highest BCUT2D eigenvalue weighted by molar-refractivity contribution is 5.76. The van der Waals surface area contributed by atoms with Crippen LogP contribution in [0.1, 0.15) is 49.9 Å². The molecule has 0 aliphatic carbocycles. The molecule has 1 aliphatic heterocycles. The molecule has 2 aromatic rings. The van der Waals surface area contributed by atoms with Crippen LogP contribution in [-0.2, 0) is 29.0 Å². The van der Waals surface area contributed by atoms with E-state index in [4.69, 9.17) is 4.74 Å². The van der Waals surface area contributed by atoms with Crippen molar-refractivity contribution < 1.29 is 9.53 Å². The second-order valence-electron chi connectivity index (χ2n) is 7.60. The second-order valence-corrected chi connectivity index (χ2v) is 7.60. The summed E-state index contributed by atoms with van der Waals surface area (Å²) >= 11 is 0. The van der Waals surface area contributed by atoms with Crippen molar-refractivity contribution in [3.63, 3.8) is 0 Å². The zero-order valence-corrected chi connectivity index (χ0v) is 17.5. The minimum absolute atomic E-state index is 0.0704. The number of amides is 1. The highest BCUT2D eigenvalue weighted by Crippen LogP contribution is 2.26. The Labute approximate surface area is 172 Å². The first-order valence-electron chi connectivity index (χ1n) is 10.6. The number of methoxy groups -OCH3 is 1. The van der Waals surface area contributed by atoms with Gasteiger partial charge in [0.1, 0.15) is 5.82 Å². The van der Waals surface area contributed by atoms with Gasteiger partial charge in [-0.05, 0) is 38.2 Å². The van der Waals surface area contributed by atoms with Gasteiger partial charge in [-0.1, -0.05) is 30.3 Å². The van der Waals surface area contributed by atoms with Crippen LogP contribution < -0.4 is 5.69 Å². The molecule has 1 aromatic heterocycles. The normalized spacial score (nSPS) is 15.0. The third-order valence-corrected chi connectivity index (χ3v) is 5.69. The van der Waals surface area contributed by atoms with Crippen molar-refractivity contribution in [1.82, 2.24) is 19.2 Å². The molecule has 3 rings (SSSR count). The quantitative estimate of drug-likeness (QED) is 0.648. The Morgan fingerprint density at radius 1 is 1.21 bits per heavy atom. The Balaban J connectivity index is 1.52. The van der Waals surface area contributed by atoms with Crippen LogP contribution >= 0.6 is 0 Å². The molecule has 1 fully saturated rings. The number of nitrogens with zero attached hydrogens (tertiary/aromatic N) is 4. The Morgan fingerprint density at radius 3 is 2.59 bits per heavy atom. The third kappa shape index (κ3) is 5.35. The van der Waals surface area contributed by atoms with E-state index in [0.29, 0.717) is 26.1 Å². The lowest BCUT2D eigenvalue weighted by Crippen LogP contribution is -2.38. The van der Waals surface area contributed by atoms with Gasteiger partial charge >= 0.3 is 5.69 Å². The van der Waals surface area contributed by atoms with Gasteiger partial charge in [0.25, 0.3) is 0 Å². The third-order valence-electron chi connectivity index (χ3n) is 5.69. The van der Waals surface area contributed by atoms with Crippen LogP contribution in [0.15, 0.2) is 35.1 Å². The number of likely N-dealkylation sites (tertiary alicyclic amines) is 1. The molecule has 1 aromatic carbocycles. The molecule has 1 saturated heterocycles. The van der Waals surface area contributed by atoms with Crippen molar-refractivity contribution in [2.75, 3.05) is 26.8 Å². The standard InChI is InChI=1S/C22H32N4O3/c1-3-25-21(23-26(22(25)28)16-17-29-2)19-12-14-24(15-13-19)20(27)11-7-10-18-8-5-4-6-9-18/h4-6,8-9,19H,3,7,10-17H2,1-2H3. The predicted octanol–water partition coefficient (Wildman–Crippen LogP) is 2.44. The van der Waals surface area contributed by atoms with Gasteiger partial charge in [0.2, 0.25) is 5.91 Å². The molecule has 29 heavy (non-hydrogen) atoms. The van der Waals surface area contributed by atoms with E-state index in [1.54, 1.807) is 11.7 Å². The van der Waals surface area contributed by atoms with Crippen LogP contribution in [0.25, 0.3) is 0 Å². The van der Waals surface area contributed by atoms with E-state index in [2.05, 4.69) is 17.2 Å². The van der Waals surface area contributed by atoms with Gasteiger partial charge in [-0.2, -0.15) is 5.10 Å². The van der Waals surface area contributed by atoms with E-state index in [1.165, 1.54) is 10.2 Å². The van der Waals surface area contributed by atoms with Gasteiger partial charge in [0, 0.05) is 39.1 Å². The van der Waals surface area contributed by atoms with Gasteiger partial charge in [0.05, 0.1) is 13.2 Å². The lowest BCUT2D eigenvalue weighted by molar-refractivity contribution is -0.132. The zero-order chi connectivity index (χ0) is 20.6. The SMILES string of the molecule is CCn1c(C2CCN(C(=O)CCCc3ccccc3)CC2)nn(CCOC)c1=O. The van der Waals surface area contributed by atoms with E-state index in [0.717, 1.165) is 44.6 Å². The fourth-order valence-corrected chi connectivity index (χ4v) is 4.01. The molecule has 0 radical (unpaired) electrons. The lowest BCUT2D eigenvalue weighted by Gasteiger charge is -2.31. The number of hydrogen-bond acceptors (Lipinski definition) is 4. The van der Waals surface area contributed by atoms with E-state index in [1.807, 2.05) is 30.0 Å². The van der Waals surface area contributed by atoms with E-state index in [-0.39, 0.29) is 17.5 Å². The molecule has 0 saturated carbocycles. The number of benzene rings is 1. The van der Waals surface area contributed by atoms with Crippen LogP contribution in [-0.4, -0.2) is 52.0 Å². The molecular weight excluding hydrogens is 368 g/mol. The zero-order valence-electron chi connectivity index (χ0n) is 17.5. The van der Waals surface area contributed by atoms with Gasteiger partial charge in [-0.15, -0.1) is 0 Å². The average molecular weight is 401 g/mol. The van der Waals surface area contributed by atoms with Gasteiger partial charge < -0.3 is 9.64 Å². The highest BCUT2D eigenvalue weighted by atomic mass is 16.5. The van der Waals surface area contributed by atoms with Crippen LogP contribution in [0.2, 0.25) is 0 Å². The number of carbonyl (C=O) groups is 1. The van der Waals surface area contributed by atoms with Crippen LogP contribution in [0, 0.1) is 0 Å². The van der Waals surface area contributed by atoms with E-state index in [9.17, 15) is 9.59 Å². The molecule has 0 bridgehead atoms. The summed E-state index contributed by atoms with van der Waals surface area (Å²) in [6.45, 7) is 4.98. The van der Waals surface area contributed by atoms with E-state index >= 15 is 0 Å². The number of aryl methyl sites for hydroxylation is 1. The summed E-state index contributed by atoms with van der Waals surface area (Å²) in [5.41, 5.74) is 1.21. The summed E-state index contributed by atoms with van der Waals surface area (Å²) in [5.74, 6) is 1.31. The largest absolute Gasteiger partial charge is 0.383 e. The fraction of sp³-hybridized carbons (Fsp3) is 0.591. The number of rotatable bonds is 9. The lowest BCUT2D eigenvalue weighted by atomic mass is 9.95. The monoisotopic (exact) mass is 400 g/mol. The highest BCUT2D eigenvalue weighted by Gasteiger charge is 2.28. The Bertz CT molecular complexity index is 835. The summed E-state index contributed by atoms with van der Waals surface area (Å²) < 4.78 is 8.34. The van der Waals surface area contributed by atoms with Crippen molar-refractivity contribution in [1.29, 1.82) is 0 Å². The number of carbonyl (C=O) groups excluding carboxylic acids is 1. The molecule has 1 amide bonds. The minimum Gasteiger partial charge on any atom is -0.383 e. The number of ether oxygens (including phenoxy) is 1. The van der Waals surface area contributed by atoms with Crippen LogP contribution in [0.5, 0.6) is 0 Å². The molecule has 1 aliphatic rings.